The number of nitriles is 1. The number of ether oxygens (including phenoxy) is 1. The molecule has 2 aromatic heterocycles. The van der Waals surface area contributed by atoms with Gasteiger partial charge >= 0.3 is 5.97 Å². The second kappa shape index (κ2) is 7.38. The molecule has 0 fully saturated rings. The molecule has 0 aliphatic heterocycles. The van der Waals surface area contributed by atoms with Crippen LogP contribution < -0.4 is 5.32 Å². The summed E-state index contributed by atoms with van der Waals surface area (Å²) < 4.78 is 5.95. The molecule has 0 unspecified atom stereocenters. The van der Waals surface area contributed by atoms with Crippen LogP contribution in [0.5, 0.6) is 0 Å². The molecule has 0 bridgehead atoms. The van der Waals surface area contributed by atoms with Crippen molar-refractivity contribution in [2.45, 2.75) is 13.5 Å². The summed E-state index contributed by atoms with van der Waals surface area (Å²) in [5, 5.41) is 16.0. The fourth-order valence-corrected chi connectivity index (χ4v) is 1.86. The average molecular weight is 334 g/mol. The van der Waals surface area contributed by atoms with Crippen LogP contribution in [0, 0.1) is 11.3 Å². The third kappa shape index (κ3) is 4.05. The summed E-state index contributed by atoms with van der Waals surface area (Å²) in [5.41, 5.74) is -0.0190. The number of hydrogen-bond acceptors (Lipinski definition) is 6. The molecule has 2 heterocycles. The summed E-state index contributed by atoms with van der Waals surface area (Å²) in [7, 11) is 0. The van der Waals surface area contributed by atoms with Crippen molar-refractivity contribution >= 4 is 29.3 Å². The molecular formula is C14H12ClN5O3. The van der Waals surface area contributed by atoms with E-state index < -0.39 is 11.9 Å². The van der Waals surface area contributed by atoms with Crippen LogP contribution in [0.4, 0.5) is 5.82 Å². The number of pyridine rings is 1. The van der Waals surface area contributed by atoms with Crippen LogP contribution in [0.3, 0.4) is 0 Å². The molecule has 0 aromatic carbocycles. The van der Waals surface area contributed by atoms with Crippen molar-refractivity contribution in [3.8, 4) is 6.07 Å². The molecule has 0 atom stereocenters. The van der Waals surface area contributed by atoms with E-state index in [4.69, 9.17) is 21.6 Å². The van der Waals surface area contributed by atoms with Gasteiger partial charge in [-0.2, -0.15) is 10.4 Å². The smallest absolute Gasteiger partial charge is 0.342 e. The highest BCUT2D eigenvalue weighted by Crippen LogP contribution is 2.11. The molecule has 1 amide bonds. The Morgan fingerprint density at radius 1 is 1.43 bits per heavy atom. The number of carbonyl (C=O) groups excluding carboxylic acids is 2. The number of nitrogens with zero attached hydrogens (tertiary/aromatic N) is 4. The number of hydrogen-bond donors (Lipinski definition) is 1. The monoisotopic (exact) mass is 333 g/mol. The molecule has 2 aromatic rings. The van der Waals surface area contributed by atoms with Crippen molar-refractivity contribution in [2.24, 2.45) is 0 Å². The molecule has 0 saturated carbocycles. The lowest BCUT2D eigenvalue weighted by Crippen LogP contribution is -2.21. The van der Waals surface area contributed by atoms with Gasteiger partial charge in [-0.25, -0.2) is 14.5 Å². The maximum atomic E-state index is 12.0. The maximum absolute atomic E-state index is 12.0. The van der Waals surface area contributed by atoms with E-state index in [0.29, 0.717) is 10.8 Å². The van der Waals surface area contributed by atoms with Gasteiger partial charge in [-0.15, -0.1) is 0 Å². The lowest BCUT2D eigenvalue weighted by molar-refractivity contribution is -0.116. The van der Waals surface area contributed by atoms with E-state index in [9.17, 15) is 9.59 Å². The molecule has 2 rings (SSSR count). The maximum Gasteiger partial charge on any atom is 0.342 e. The Labute approximate surface area is 136 Å². The first-order valence-electron chi connectivity index (χ1n) is 6.59. The van der Waals surface area contributed by atoms with Crippen molar-refractivity contribution in [1.82, 2.24) is 14.8 Å². The SMILES string of the molecule is CCOC(=O)c1cnn(CC(=O)Nc2ccc(Cl)cn2)c1C#N. The van der Waals surface area contributed by atoms with E-state index in [0.717, 1.165) is 4.68 Å². The van der Waals surface area contributed by atoms with Crippen molar-refractivity contribution in [2.75, 3.05) is 11.9 Å². The molecule has 0 aliphatic rings. The summed E-state index contributed by atoms with van der Waals surface area (Å²) >= 11 is 5.71. The summed E-state index contributed by atoms with van der Waals surface area (Å²) in [6, 6.07) is 4.97. The Balaban J connectivity index is 2.10. The highest BCUT2D eigenvalue weighted by Gasteiger charge is 2.19. The summed E-state index contributed by atoms with van der Waals surface area (Å²) in [6.07, 6.45) is 2.59. The lowest BCUT2D eigenvalue weighted by Gasteiger charge is -2.05. The molecule has 8 nitrogen and oxygen atoms in total. The Bertz CT molecular complexity index is 764. The van der Waals surface area contributed by atoms with Crippen molar-refractivity contribution < 1.29 is 14.3 Å². The van der Waals surface area contributed by atoms with Gasteiger partial charge < -0.3 is 10.1 Å². The highest BCUT2D eigenvalue weighted by molar-refractivity contribution is 6.30. The second-order valence-corrected chi connectivity index (χ2v) is 4.74. The average Bonchev–Trinajstić information content (AvgIpc) is 2.92. The first-order valence-corrected chi connectivity index (χ1v) is 6.97. The topological polar surface area (TPSA) is 110 Å². The summed E-state index contributed by atoms with van der Waals surface area (Å²) in [4.78, 5) is 27.6. The van der Waals surface area contributed by atoms with Crippen LogP contribution >= 0.6 is 11.6 Å². The van der Waals surface area contributed by atoms with Gasteiger partial charge in [0.15, 0.2) is 5.69 Å². The predicted molar refractivity (Wildman–Crippen MR) is 80.8 cm³/mol. The number of carbonyl (C=O) groups is 2. The van der Waals surface area contributed by atoms with E-state index >= 15 is 0 Å². The van der Waals surface area contributed by atoms with Crippen LogP contribution in [0.15, 0.2) is 24.5 Å². The zero-order valence-electron chi connectivity index (χ0n) is 12.1. The Hall–Kier alpha value is -2.92. The molecule has 9 heteroatoms. The van der Waals surface area contributed by atoms with E-state index in [1.807, 2.05) is 6.07 Å². The Morgan fingerprint density at radius 3 is 2.83 bits per heavy atom. The fraction of sp³-hybridized carbons (Fsp3) is 0.214. The predicted octanol–water partition coefficient (Wildman–Crippen LogP) is 1.62. The molecule has 1 N–H and O–H groups in total. The third-order valence-corrected chi connectivity index (χ3v) is 2.95. The molecule has 0 saturated heterocycles. The van der Waals surface area contributed by atoms with Crippen molar-refractivity contribution in [3.05, 3.63) is 40.8 Å². The molecular weight excluding hydrogens is 322 g/mol. The van der Waals surface area contributed by atoms with Crippen LogP contribution in [0.25, 0.3) is 0 Å². The number of esters is 1. The number of aromatic nitrogens is 3. The zero-order chi connectivity index (χ0) is 16.8. The largest absolute Gasteiger partial charge is 0.462 e. The molecule has 0 spiro atoms. The van der Waals surface area contributed by atoms with E-state index in [2.05, 4.69) is 15.4 Å². The summed E-state index contributed by atoms with van der Waals surface area (Å²) in [6.45, 7) is 1.59. The van der Waals surface area contributed by atoms with Gasteiger partial charge in [0.05, 0.1) is 17.8 Å². The van der Waals surface area contributed by atoms with E-state index in [1.165, 1.54) is 12.4 Å². The number of anilines is 1. The highest BCUT2D eigenvalue weighted by atomic mass is 35.5. The van der Waals surface area contributed by atoms with Gasteiger partial charge in [0.2, 0.25) is 5.91 Å². The lowest BCUT2D eigenvalue weighted by atomic mass is 10.2. The summed E-state index contributed by atoms with van der Waals surface area (Å²) in [5.74, 6) is -0.791. The standard InChI is InChI=1S/C14H12ClN5O3/c1-2-23-14(22)10-7-18-20(11(10)5-16)8-13(21)19-12-4-3-9(15)6-17-12/h3-4,6-7H,2,8H2,1H3,(H,17,19,21). The number of amides is 1. The van der Waals surface area contributed by atoms with Crippen molar-refractivity contribution in [3.63, 3.8) is 0 Å². The van der Waals surface area contributed by atoms with Gasteiger partial charge in [-0.1, -0.05) is 11.6 Å². The van der Waals surface area contributed by atoms with Gasteiger partial charge in [0.25, 0.3) is 0 Å². The van der Waals surface area contributed by atoms with Crippen LogP contribution in [0.2, 0.25) is 5.02 Å². The number of rotatable bonds is 5. The fourth-order valence-electron chi connectivity index (χ4n) is 1.75. The Kier molecular flexibility index (Phi) is 5.28. The van der Waals surface area contributed by atoms with E-state index in [-0.39, 0.29) is 24.4 Å². The second-order valence-electron chi connectivity index (χ2n) is 4.31. The zero-order valence-corrected chi connectivity index (χ0v) is 12.9. The van der Waals surface area contributed by atoms with Crippen LogP contribution in [0.1, 0.15) is 23.0 Å². The van der Waals surface area contributed by atoms with Gasteiger partial charge in [-0.05, 0) is 19.1 Å². The van der Waals surface area contributed by atoms with Crippen LogP contribution in [-0.2, 0) is 16.1 Å². The van der Waals surface area contributed by atoms with Crippen LogP contribution in [-0.4, -0.2) is 33.2 Å². The number of halogens is 1. The molecule has 0 radical (unpaired) electrons. The number of nitrogens with one attached hydrogen (secondary N) is 1. The molecule has 23 heavy (non-hydrogen) atoms. The third-order valence-electron chi connectivity index (χ3n) is 2.73. The minimum atomic E-state index is -0.657. The molecule has 0 aliphatic carbocycles. The van der Waals surface area contributed by atoms with E-state index in [1.54, 1.807) is 19.1 Å². The van der Waals surface area contributed by atoms with Gasteiger partial charge in [-0.3, -0.25) is 4.79 Å². The minimum absolute atomic E-state index is 0.0202. The van der Waals surface area contributed by atoms with Crippen molar-refractivity contribution in [1.29, 1.82) is 5.26 Å². The quantitative estimate of drug-likeness (QED) is 0.832. The first kappa shape index (κ1) is 16.5. The van der Waals surface area contributed by atoms with Gasteiger partial charge in [0, 0.05) is 6.20 Å². The Morgan fingerprint density at radius 2 is 2.22 bits per heavy atom. The van der Waals surface area contributed by atoms with Gasteiger partial charge in [0.1, 0.15) is 24.0 Å². The molecule has 118 valence electrons. The normalized spacial score (nSPS) is 9.96. The minimum Gasteiger partial charge on any atom is -0.462 e. The first-order chi connectivity index (χ1) is 11.0.